The van der Waals surface area contributed by atoms with Crippen molar-refractivity contribution >= 4 is 17.4 Å². The lowest BCUT2D eigenvalue weighted by Crippen LogP contribution is -2.29. The Kier molecular flexibility index (Phi) is 4.33. The number of hydrogen-bond donors (Lipinski definition) is 0. The van der Waals surface area contributed by atoms with Crippen molar-refractivity contribution in [3.05, 3.63) is 71.8 Å². The van der Waals surface area contributed by atoms with E-state index in [2.05, 4.69) is 4.99 Å². The average Bonchev–Trinajstić information content (AvgIpc) is 2.62. The summed E-state index contributed by atoms with van der Waals surface area (Å²) in [5.41, 5.74) is 3.01. The molecule has 1 aliphatic heterocycles. The average molecular weight is 306 g/mol. The van der Waals surface area contributed by atoms with Crippen LogP contribution in [0, 0.1) is 0 Å². The maximum atomic E-state index is 12.0. The zero-order valence-electron chi connectivity index (χ0n) is 13.1. The Morgan fingerprint density at radius 1 is 0.870 bits per heavy atom. The third-order valence-corrected chi connectivity index (χ3v) is 3.90. The molecule has 2 aromatic carbocycles. The molecular weight excluding hydrogens is 288 g/mol. The summed E-state index contributed by atoms with van der Waals surface area (Å²) in [6, 6.07) is 19.6. The van der Waals surface area contributed by atoms with Gasteiger partial charge in [0.25, 0.3) is 0 Å². The summed E-state index contributed by atoms with van der Waals surface area (Å²) >= 11 is 0. The minimum absolute atomic E-state index is 0.146. The summed E-state index contributed by atoms with van der Waals surface area (Å²) in [6.07, 6.45) is 0. The van der Waals surface area contributed by atoms with Gasteiger partial charge in [-0.05, 0) is 18.1 Å². The Morgan fingerprint density at radius 2 is 1.35 bits per heavy atom. The predicted molar refractivity (Wildman–Crippen MR) is 90.9 cm³/mol. The zero-order chi connectivity index (χ0) is 16.2. The number of nitrogens with zero attached hydrogens (tertiary/aromatic N) is 2. The van der Waals surface area contributed by atoms with Crippen LogP contribution in [0.2, 0.25) is 0 Å². The number of hydrogen-bond acceptors (Lipinski definition) is 4. The highest BCUT2D eigenvalue weighted by Gasteiger charge is 2.31. The Labute approximate surface area is 135 Å². The first-order chi connectivity index (χ1) is 11.2. The molecule has 0 amide bonds. The summed E-state index contributed by atoms with van der Waals surface area (Å²) in [4.78, 5) is 21.4. The minimum atomic E-state index is -0.446. The summed E-state index contributed by atoms with van der Waals surface area (Å²) in [5.74, 6) is -0.446. The van der Waals surface area contributed by atoms with Crippen LogP contribution in [0.15, 0.2) is 70.6 Å². The first kappa shape index (κ1) is 15.2. The number of esters is 1. The fraction of sp³-hybridized carbons (Fsp3) is 0.211. The van der Waals surface area contributed by atoms with E-state index < -0.39 is 5.97 Å². The molecule has 4 nitrogen and oxygen atoms in total. The number of ether oxygens (including phenoxy) is 1. The Bertz CT molecular complexity index is 751. The van der Waals surface area contributed by atoms with Crippen LogP contribution in [-0.2, 0) is 9.53 Å². The van der Waals surface area contributed by atoms with E-state index in [-0.39, 0.29) is 12.1 Å². The van der Waals surface area contributed by atoms with Gasteiger partial charge in [0.2, 0.25) is 0 Å². The van der Waals surface area contributed by atoms with Crippen LogP contribution in [0.1, 0.15) is 30.1 Å². The van der Waals surface area contributed by atoms with Crippen molar-refractivity contribution in [2.24, 2.45) is 9.98 Å². The quantitative estimate of drug-likeness (QED) is 0.814. The van der Waals surface area contributed by atoms with Crippen molar-refractivity contribution in [3.63, 3.8) is 0 Å². The van der Waals surface area contributed by atoms with Gasteiger partial charge in [-0.1, -0.05) is 60.7 Å². The molecule has 0 saturated carbocycles. The Morgan fingerprint density at radius 3 is 1.83 bits per heavy atom. The first-order valence-electron chi connectivity index (χ1n) is 7.51. The molecule has 1 aliphatic rings. The lowest BCUT2D eigenvalue weighted by Gasteiger charge is -2.27. The van der Waals surface area contributed by atoms with Gasteiger partial charge in [0, 0.05) is 0 Å². The highest BCUT2D eigenvalue weighted by Crippen LogP contribution is 2.38. The highest BCUT2D eigenvalue weighted by atomic mass is 16.5. The molecule has 0 aromatic heterocycles. The van der Waals surface area contributed by atoms with Gasteiger partial charge >= 0.3 is 5.97 Å². The van der Waals surface area contributed by atoms with Crippen LogP contribution in [0.5, 0.6) is 0 Å². The Hall–Kier alpha value is -2.75. The number of rotatable bonds is 3. The van der Waals surface area contributed by atoms with E-state index >= 15 is 0 Å². The number of methoxy groups -OCH3 is 1. The third kappa shape index (κ3) is 3.06. The molecule has 2 unspecified atom stereocenters. The largest absolute Gasteiger partial charge is 0.464 e. The number of carbonyl (C=O) groups excluding carboxylic acids is 1. The molecule has 2 atom stereocenters. The standard InChI is InChI=1S/C19H18N2O2/c1-13-16(19(22)23-2)21-18(15-11-7-4-8-12-15)17(20-13)14-9-5-3-6-10-14/h3-12,17-18H,1-2H3. The number of carbonyl (C=O) groups is 1. The first-order valence-corrected chi connectivity index (χ1v) is 7.51. The zero-order valence-corrected chi connectivity index (χ0v) is 13.1. The van der Waals surface area contributed by atoms with E-state index in [0.717, 1.165) is 11.1 Å². The van der Waals surface area contributed by atoms with Crippen molar-refractivity contribution in [2.75, 3.05) is 7.11 Å². The van der Waals surface area contributed by atoms with Crippen molar-refractivity contribution in [2.45, 2.75) is 19.0 Å². The molecule has 4 heteroatoms. The number of benzene rings is 2. The van der Waals surface area contributed by atoms with Gasteiger partial charge in [-0.2, -0.15) is 0 Å². The second-order valence-corrected chi connectivity index (χ2v) is 5.39. The molecule has 3 rings (SSSR count). The highest BCUT2D eigenvalue weighted by molar-refractivity contribution is 6.65. The molecule has 0 bridgehead atoms. The molecule has 0 fully saturated rings. The van der Waals surface area contributed by atoms with Crippen LogP contribution in [0.25, 0.3) is 0 Å². The lowest BCUT2D eigenvalue weighted by molar-refractivity contribution is -0.132. The number of aliphatic imine (C=N–C) groups is 2. The van der Waals surface area contributed by atoms with E-state index in [4.69, 9.17) is 9.73 Å². The van der Waals surface area contributed by atoms with E-state index in [1.54, 1.807) is 6.92 Å². The summed E-state index contributed by atoms with van der Waals surface area (Å²) in [6.45, 7) is 1.80. The summed E-state index contributed by atoms with van der Waals surface area (Å²) < 4.78 is 4.83. The Balaban J connectivity index is 2.08. The second kappa shape index (κ2) is 6.57. The molecule has 116 valence electrons. The molecule has 0 aliphatic carbocycles. The van der Waals surface area contributed by atoms with Crippen LogP contribution in [0.4, 0.5) is 0 Å². The van der Waals surface area contributed by atoms with Gasteiger partial charge in [0.05, 0.1) is 12.8 Å². The van der Waals surface area contributed by atoms with Crippen LogP contribution in [-0.4, -0.2) is 24.5 Å². The summed E-state index contributed by atoms with van der Waals surface area (Å²) in [7, 11) is 1.36. The lowest BCUT2D eigenvalue weighted by atomic mass is 9.92. The molecule has 1 heterocycles. The molecule has 0 N–H and O–H groups in total. The maximum Gasteiger partial charge on any atom is 0.358 e. The van der Waals surface area contributed by atoms with Gasteiger partial charge in [-0.15, -0.1) is 0 Å². The van der Waals surface area contributed by atoms with E-state index in [9.17, 15) is 4.79 Å². The smallest absolute Gasteiger partial charge is 0.358 e. The van der Waals surface area contributed by atoms with Crippen LogP contribution in [0.3, 0.4) is 0 Å². The van der Waals surface area contributed by atoms with Crippen LogP contribution >= 0.6 is 0 Å². The molecule has 0 spiro atoms. The minimum Gasteiger partial charge on any atom is -0.464 e. The van der Waals surface area contributed by atoms with Crippen molar-refractivity contribution < 1.29 is 9.53 Å². The van der Waals surface area contributed by atoms with Gasteiger partial charge < -0.3 is 4.74 Å². The topological polar surface area (TPSA) is 51.0 Å². The predicted octanol–water partition coefficient (Wildman–Crippen LogP) is 3.56. The fourth-order valence-electron chi connectivity index (χ4n) is 2.75. The van der Waals surface area contributed by atoms with Gasteiger partial charge in [-0.25, -0.2) is 4.79 Å². The monoisotopic (exact) mass is 306 g/mol. The van der Waals surface area contributed by atoms with E-state index in [1.165, 1.54) is 7.11 Å². The van der Waals surface area contributed by atoms with Crippen LogP contribution < -0.4 is 0 Å². The van der Waals surface area contributed by atoms with Gasteiger partial charge in [-0.3, -0.25) is 9.98 Å². The third-order valence-electron chi connectivity index (χ3n) is 3.90. The molecule has 0 radical (unpaired) electrons. The van der Waals surface area contributed by atoms with Gasteiger partial charge in [0.15, 0.2) is 5.71 Å². The summed E-state index contributed by atoms with van der Waals surface area (Å²) in [5, 5.41) is 0. The van der Waals surface area contributed by atoms with E-state index in [1.807, 2.05) is 60.7 Å². The molecule has 2 aromatic rings. The molecular formula is C19H18N2O2. The van der Waals surface area contributed by atoms with Crippen molar-refractivity contribution in [1.82, 2.24) is 0 Å². The van der Waals surface area contributed by atoms with E-state index in [0.29, 0.717) is 11.4 Å². The van der Waals surface area contributed by atoms with Crippen molar-refractivity contribution in [3.8, 4) is 0 Å². The maximum absolute atomic E-state index is 12.0. The van der Waals surface area contributed by atoms with Gasteiger partial charge in [0.1, 0.15) is 12.1 Å². The fourth-order valence-corrected chi connectivity index (χ4v) is 2.75. The van der Waals surface area contributed by atoms with Crippen molar-refractivity contribution in [1.29, 1.82) is 0 Å². The second-order valence-electron chi connectivity index (χ2n) is 5.39. The molecule has 0 saturated heterocycles. The molecule has 23 heavy (non-hydrogen) atoms. The SMILES string of the molecule is COC(=O)C1=NC(c2ccccc2)C(c2ccccc2)N=C1C. The normalized spacial score (nSPS) is 20.4.